The lowest BCUT2D eigenvalue weighted by atomic mass is 10.0. The lowest BCUT2D eigenvalue weighted by molar-refractivity contribution is -0.134. The van der Waals surface area contributed by atoms with E-state index in [0.717, 1.165) is 25.7 Å². The molecule has 0 radical (unpaired) electrons. The van der Waals surface area contributed by atoms with Gasteiger partial charge in [-0.05, 0) is 31.6 Å². The number of carbonyl (C=O) groups is 1. The SMILES string of the molecule is O=C(CC1C=CCC1)N(CCO)C1CCCC1. The van der Waals surface area contributed by atoms with Gasteiger partial charge >= 0.3 is 0 Å². The molecule has 1 saturated carbocycles. The molecule has 1 amide bonds. The van der Waals surface area contributed by atoms with Crippen LogP contribution in [-0.4, -0.2) is 35.1 Å². The van der Waals surface area contributed by atoms with Crippen LogP contribution in [0.2, 0.25) is 0 Å². The predicted molar refractivity (Wildman–Crippen MR) is 67.5 cm³/mol. The van der Waals surface area contributed by atoms with E-state index in [1.165, 1.54) is 12.8 Å². The summed E-state index contributed by atoms with van der Waals surface area (Å²) < 4.78 is 0. The van der Waals surface area contributed by atoms with E-state index in [-0.39, 0.29) is 12.5 Å². The van der Waals surface area contributed by atoms with Crippen LogP contribution < -0.4 is 0 Å². The maximum Gasteiger partial charge on any atom is 0.223 e. The molecule has 0 aliphatic heterocycles. The van der Waals surface area contributed by atoms with Crippen LogP contribution in [0.1, 0.15) is 44.9 Å². The maximum atomic E-state index is 12.3. The minimum absolute atomic E-state index is 0.0861. The largest absolute Gasteiger partial charge is 0.395 e. The monoisotopic (exact) mass is 237 g/mol. The molecule has 2 aliphatic carbocycles. The number of carbonyl (C=O) groups excluding carboxylic acids is 1. The summed E-state index contributed by atoms with van der Waals surface area (Å²) in [6.45, 7) is 0.600. The van der Waals surface area contributed by atoms with Gasteiger partial charge in [0, 0.05) is 19.0 Å². The molecule has 17 heavy (non-hydrogen) atoms. The number of rotatable bonds is 5. The number of aliphatic hydroxyl groups is 1. The molecule has 0 aromatic rings. The molecule has 0 spiro atoms. The zero-order valence-electron chi connectivity index (χ0n) is 10.5. The van der Waals surface area contributed by atoms with Gasteiger partial charge in [0.25, 0.3) is 0 Å². The second-order valence-corrected chi connectivity index (χ2v) is 5.22. The summed E-state index contributed by atoms with van der Waals surface area (Å²) in [5, 5.41) is 9.10. The Morgan fingerprint density at radius 2 is 2.06 bits per heavy atom. The molecule has 0 saturated heterocycles. The highest BCUT2D eigenvalue weighted by Crippen LogP contribution is 2.26. The van der Waals surface area contributed by atoms with Crippen LogP contribution >= 0.6 is 0 Å². The molecule has 0 heterocycles. The summed E-state index contributed by atoms with van der Waals surface area (Å²) in [6, 6.07) is 0.389. The highest BCUT2D eigenvalue weighted by atomic mass is 16.3. The quantitative estimate of drug-likeness (QED) is 0.744. The Balaban J connectivity index is 1.89. The zero-order valence-corrected chi connectivity index (χ0v) is 10.5. The van der Waals surface area contributed by atoms with E-state index >= 15 is 0 Å². The molecule has 0 aromatic heterocycles. The summed E-state index contributed by atoms with van der Waals surface area (Å²) in [4.78, 5) is 14.2. The van der Waals surface area contributed by atoms with E-state index in [4.69, 9.17) is 5.11 Å². The number of allylic oxidation sites excluding steroid dienone is 2. The standard InChI is InChI=1S/C14H23NO2/c16-10-9-15(13-7-3-4-8-13)14(17)11-12-5-1-2-6-12/h1,5,12-13,16H,2-4,6-11H2. The number of nitrogens with zero attached hydrogens (tertiary/aromatic N) is 1. The summed E-state index contributed by atoms with van der Waals surface area (Å²) >= 11 is 0. The average molecular weight is 237 g/mol. The number of aliphatic hydroxyl groups excluding tert-OH is 1. The third kappa shape index (κ3) is 3.32. The van der Waals surface area contributed by atoms with Crippen molar-refractivity contribution in [2.45, 2.75) is 51.0 Å². The topological polar surface area (TPSA) is 40.5 Å². The van der Waals surface area contributed by atoms with E-state index in [1.807, 2.05) is 4.90 Å². The first kappa shape index (κ1) is 12.6. The maximum absolute atomic E-state index is 12.3. The van der Waals surface area contributed by atoms with Crippen LogP contribution in [0, 0.1) is 5.92 Å². The van der Waals surface area contributed by atoms with Crippen molar-refractivity contribution >= 4 is 5.91 Å². The molecular weight excluding hydrogens is 214 g/mol. The Kier molecular flexibility index (Phi) is 4.60. The van der Waals surface area contributed by atoms with Gasteiger partial charge in [0.05, 0.1) is 6.61 Å². The highest BCUT2D eigenvalue weighted by Gasteiger charge is 2.27. The molecule has 96 valence electrons. The van der Waals surface area contributed by atoms with Crippen LogP contribution in [0.3, 0.4) is 0 Å². The van der Waals surface area contributed by atoms with E-state index in [2.05, 4.69) is 12.2 Å². The van der Waals surface area contributed by atoms with Crippen molar-refractivity contribution < 1.29 is 9.90 Å². The van der Waals surface area contributed by atoms with Crippen molar-refractivity contribution in [3.63, 3.8) is 0 Å². The van der Waals surface area contributed by atoms with Gasteiger partial charge in [-0.25, -0.2) is 0 Å². The van der Waals surface area contributed by atoms with Gasteiger partial charge in [-0.3, -0.25) is 4.79 Å². The van der Waals surface area contributed by atoms with E-state index < -0.39 is 0 Å². The van der Waals surface area contributed by atoms with E-state index in [9.17, 15) is 4.79 Å². The Labute approximate surface area is 103 Å². The lowest BCUT2D eigenvalue weighted by Gasteiger charge is -2.29. The molecule has 2 aliphatic rings. The van der Waals surface area contributed by atoms with Crippen LogP contribution in [0.5, 0.6) is 0 Å². The zero-order chi connectivity index (χ0) is 12.1. The van der Waals surface area contributed by atoms with E-state index in [0.29, 0.717) is 24.9 Å². The van der Waals surface area contributed by atoms with Crippen LogP contribution in [-0.2, 0) is 4.79 Å². The van der Waals surface area contributed by atoms with Crippen molar-refractivity contribution in [2.75, 3.05) is 13.2 Å². The summed E-state index contributed by atoms with van der Waals surface area (Å²) in [6.07, 6.45) is 11.9. The van der Waals surface area contributed by atoms with Crippen molar-refractivity contribution in [2.24, 2.45) is 5.92 Å². The highest BCUT2D eigenvalue weighted by molar-refractivity contribution is 5.77. The number of hydrogen-bond acceptors (Lipinski definition) is 2. The molecule has 2 rings (SSSR count). The Morgan fingerprint density at radius 1 is 1.29 bits per heavy atom. The van der Waals surface area contributed by atoms with Gasteiger partial charge in [0.1, 0.15) is 0 Å². The first-order chi connectivity index (χ1) is 8.31. The molecule has 0 aromatic carbocycles. The molecule has 1 fully saturated rings. The van der Waals surface area contributed by atoms with E-state index in [1.54, 1.807) is 0 Å². The molecule has 3 nitrogen and oxygen atoms in total. The van der Waals surface area contributed by atoms with Crippen LogP contribution in [0.4, 0.5) is 0 Å². The Morgan fingerprint density at radius 3 is 2.65 bits per heavy atom. The van der Waals surface area contributed by atoms with Gasteiger partial charge in [-0.1, -0.05) is 25.0 Å². The summed E-state index contributed by atoms with van der Waals surface area (Å²) in [5.41, 5.74) is 0. The Hall–Kier alpha value is -0.830. The first-order valence-electron chi connectivity index (χ1n) is 6.88. The fraction of sp³-hybridized carbons (Fsp3) is 0.786. The fourth-order valence-corrected chi connectivity index (χ4v) is 3.04. The van der Waals surface area contributed by atoms with Gasteiger partial charge in [-0.2, -0.15) is 0 Å². The average Bonchev–Trinajstić information content (AvgIpc) is 2.97. The third-order valence-corrected chi connectivity index (χ3v) is 3.98. The third-order valence-electron chi connectivity index (χ3n) is 3.98. The van der Waals surface area contributed by atoms with Crippen molar-refractivity contribution in [3.05, 3.63) is 12.2 Å². The smallest absolute Gasteiger partial charge is 0.223 e. The molecule has 1 atom stereocenters. The second-order valence-electron chi connectivity index (χ2n) is 5.22. The van der Waals surface area contributed by atoms with Gasteiger partial charge in [-0.15, -0.1) is 0 Å². The fourth-order valence-electron chi connectivity index (χ4n) is 3.04. The number of amides is 1. The van der Waals surface area contributed by atoms with Crippen molar-refractivity contribution in [3.8, 4) is 0 Å². The molecule has 1 unspecified atom stereocenters. The summed E-state index contributed by atoms with van der Waals surface area (Å²) in [5.74, 6) is 0.674. The van der Waals surface area contributed by atoms with Gasteiger partial charge < -0.3 is 10.0 Å². The predicted octanol–water partition coefficient (Wildman–Crippen LogP) is 2.11. The van der Waals surface area contributed by atoms with Gasteiger partial charge in [0.15, 0.2) is 0 Å². The molecular formula is C14H23NO2. The van der Waals surface area contributed by atoms with Crippen molar-refractivity contribution in [1.29, 1.82) is 0 Å². The van der Waals surface area contributed by atoms with Crippen LogP contribution in [0.15, 0.2) is 12.2 Å². The molecule has 3 heteroatoms. The second kappa shape index (κ2) is 6.20. The minimum Gasteiger partial charge on any atom is -0.395 e. The van der Waals surface area contributed by atoms with Crippen molar-refractivity contribution in [1.82, 2.24) is 4.90 Å². The molecule has 1 N–H and O–H groups in total. The minimum atomic E-state index is 0.0861. The lowest BCUT2D eigenvalue weighted by Crippen LogP contribution is -2.41. The number of hydrogen-bond donors (Lipinski definition) is 1. The molecule has 0 bridgehead atoms. The Bertz CT molecular complexity index is 282. The first-order valence-corrected chi connectivity index (χ1v) is 6.88. The van der Waals surface area contributed by atoms with Crippen LogP contribution in [0.25, 0.3) is 0 Å². The van der Waals surface area contributed by atoms with Gasteiger partial charge in [0.2, 0.25) is 5.91 Å². The summed E-state index contributed by atoms with van der Waals surface area (Å²) in [7, 11) is 0. The normalized spacial score (nSPS) is 24.4.